The van der Waals surface area contributed by atoms with E-state index < -0.39 is 0 Å². The zero-order chi connectivity index (χ0) is 15.9. The molecule has 0 aliphatic heterocycles. The quantitative estimate of drug-likeness (QED) is 0.618. The van der Waals surface area contributed by atoms with Gasteiger partial charge in [-0.15, -0.1) is 0 Å². The van der Waals surface area contributed by atoms with E-state index >= 15 is 0 Å². The number of rotatable bonds is 5. The van der Waals surface area contributed by atoms with Gasteiger partial charge in [0.05, 0.1) is 0 Å². The summed E-state index contributed by atoms with van der Waals surface area (Å²) in [5.74, 6) is -0.197. The molecule has 2 rings (SSSR count). The van der Waals surface area contributed by atoms with Gasteiger partial charge in [-0.05, 0) is 24.3 Å². The SMILES string of the molecule is CN(SSN(C)C(=O)c1ccccc1)C(=O)c1ccccc1. The van der Waals surface area contributed by atoms with Crippen molar-refractivity contribution in [2.24, 2.45) is 0 Å². The van der Waals surface area contributed by atoms with Crippen LogP contribution < -0.4 is 0 Å². The number of benzene rings is 2. The van der Waals surface area contributed by atoms with E-state index in [-0.39, 0.29) is 11.8 Å². The summed E-state index contributed by atoms with van der Waals surface area (Å²) in [6, 6.07) is 18.1. The predicted octanol–water partition coefficient (Wildman–Crippen LogP) is 3.74. The third-order valence-corrected chi connectivity index (χ3v) is 5.26. The molecule has 114 valence electrons. The van der Waals surface area contributed by atoms with Gasteiger partial charge in [-0.2, -0.15) is 0 Å². The Bertz CT molecular complexity index is 578. The van der Waals surface area contributed by atoms with Crippen molar-refractivity contribution in [2.75, 3.05) is 14.1 Å². The van der Waals surface area contributed by atoms with Crippen LogP contribution in [0.4, 0.5) is 0 Å². The van der Waals surface area contributed by atoms with Gasteiger partial charge in [-0.3, -0.25) is 18.2 Å². The molecule has 0 aliphatic carbocycles. The summed E-state index contributed by atoms with van der Waals surface area (Å²) in [5.41, 5.74) is 1.24. The molecule has 0 aliphatic rings. The third-order valence-electron chi connectivity index (χ3n) is 2.87. The van der Waals surface area contributed by atoms with E-state index in [0.717, 1.165) is 0 Å². The maximum atomic E-state index is 12.2. The first-order valence-corrected chi connectivity index (χ1v) is 8.67. The van der Waals surface area contributed by atoms with Crippen LogP contribution in [0.3, 0.4) is 0 Å². The Balaban J connectivity index is 1.89. The Hall–Kier alpha value is -1.92. The van der Waals surface area contributed by atoms with Gasteiger partial charge in [0.25, 0.3) is 11.8 Å². The largest absolute Gasteiger partial charge is 0.275 e. The van der Waals surface area contributed by atoms with Gasteiger partial charge in [-0.25, -0.2) is 0 Å². The van der Waals surface area contributed by atoms with Crippen molar-refractivity contribution in [2.45, 2.75) is 0 Å². The van der Waals surface area contributed by atoms with Crippen LogP contribution in [0.1, 0.15) is 20.7 Å². The zero-order valence-corrected chi connectivity index (χ0v) is 13.9. The van der Waals surface area contributed by atoms with Crippen LogP contribution in [0.15, 0.2) is 60.7 Å². The molecule has 0 fully saturated rings. The first-order valence-electron chi connectivity index (χ1n) is 6.60. The van der Waals surface area contributed by atoms with Crippen molar-refractivity contribution in [1.29, 1.82) is 0 Å². The maximum Gasteiger partial charge on any atom is 0.264 e. The summed E-state index contributed by atoms with van der Waals surface area (Å²) in [4.78, 5) is 24.4. The minimum atomic E-state index is -0.0985. The van der Waals surface area contributed by atoms with Crippen LogP contribution in [0, 0.1) is 0 Å². The van der Waals surface area contributed by atoms with Crippen molar-refractivity contribution >= 4 is 33.8 Å². The fraction of sp³-hybridized carbons (Fsp3) is 0.125. The summed E-state index contributed by atoms with van der Waals surface area (Å²) in [5, 5.41) is 0. The summed E-state index contributed by atoms with van der Waals surface area (Å²) in [7, 11) is 5.81. The number of hydrogen-bond donors (Lipinski definition) is 0. The highest BCUT2D eigenvalue weighted by Gasteiger charge is 2.16. The molecule has 2 aromatic carbocycles. The van der Waals surface area contributed by atoms with Crippen molar-refractivity contribution in [1.82, 2.24) is 8.61 Å². The van der Waals surface area contributed by atoms with E-state index in [9.17, 15) is 9.59 Å². The second-order valence-electron chi connectivity index (χ2n) is 4.49. The monoisotopic (exact) mass is 332 g/mol. The second-order valence-corrected chi connectivity index (χ2v) is 6.77. The number of hydrogen-bond acceptors (Lipinski definition) is 4. The van der Waals surface area contributed by atoms with Crippen LogP contribution in [0.25, 0.3) is 0 Å². The van der Waals surface area contributed by atoms with E-state index in [2.05, 4.69) is 0 Å². The van der Waals surface area contributed by atoms with Crippen LogP contribution >= 0.6 is 22.0 Å². The lowest BCUT2D eigenvalue weighted by Gasteiger charge is -2.19. The van der Waals surface area contributed by atoms with Gasteiger partial charge in [0.15, 0.2) is 0 Å². The third kappa shape index (κ3) is 4.29. The summed E-state index contributed by atoms with van der Waals surface area (Å²) in [6.07, 6.45) is 0. The normalized spacial score (nSPS) is 10.1. The van der Waals surface area contributed by atoms with Gasteiger partial charge in [-0.1, -0.05) is 36.4 Å². The topological polar surface area (TPSA) is 40.6 Å². The van der Waals surface area contributed by atoms with E-state index in [1.807, 2.05) is 36.4 Å². The van der Waals surface area contributed by atoms with Crippen molar-refractivity contribution in [3.05, 3.63) is 71.8 Å². The van der Waals surface area contributed by atoms with Crippen LogP contribution in [-0.4, -0.2) is 34.5 Å². The Kier molecular flexibility index (Phi) is 5.91. The predicted molar refractivity (Wildman–Crippen MR) is 92.3 cm³/mol. The average Bonchev–Trinajstić information content (AvgIpc) is 2.59. The highest BCUT2D eigenvalue weighted by atomic mass is 33.1. The molecule has 2 aromatic rings. The van der Waals surface area contributed by atoms with Crippen molar-refractivity contribution in [3.63, 3.8) is 0 Å². The molecule has 0 N–H and O–H groups in total. The number of nitrogens with zero attached hydrogens (tertiary/aromatic N) is 2. The highest BCUT2D eigenvalue weighted by molar-refractivity contribution is 8.75. The lowest BCUT2D eigenvalue weighted by molar-refractivity contribution is 0.0881. The van der Waals surface area contributed by atoms with Crippen LogP contribution in [-0.2, 0) is 0 Å². The van der Waals surface area contributed by atoms with Gasteiger partial charge < -0.3 is 0 Å². The Morgan fingerprint density at radius 2 is 1.00 bits per heavy atom. The van der Waals surface area contributed by atoms with E-state index in [4.69, 9.17) is 0 Å². The number of carbonyl (C=O) groups excluding carboxylic acids is 2. The van der Waals surface area contributed by atoms with Gasteiger partial charge >= 0.3 is 0 Å². The summed E-state index contributed by atoms with van der Waals surface area (Å²) in [6.45, 7) is 0. The van der Waals surface area contributed by atoms with Gasteiger partial charge in [0.1, 0.15) is 0 Å². The maximum absolute atomic E-state index is 12.2. The zero-order valence-electron chi connectivity index (χ0n) is 12.3. The molecule has 6 heteroatoms. The minimum absolute atomic E-state index is 0.0985. The lowest BCUT2D eigenvalue weighted by atomic mass is 10.2. The molecule has 0 atom stereocenters. The van der Waals surface area contributed by atoms with Gasteiger partial charge in [0.2, 0.25) is 0 Å². The Morgan fingerprint density at radius 3 is 1.32 bits per heavy atom. The molecule has 0 bridgehead atoms. The molecular weight excluding hydrogens is 316 g/mol. The number of amides is 2. The molecular formula is C16H16N2O2S2. The molecule has 22 heavy (non-hydrogen) atoms. The molecule has 0 unspecified atom stereocenters. The van der Waals surface area contributed by atoms with E-state index in [0.29, 0.717) is 11.1 Å². The van der Waals surface area contributed by atoms with Gasteiger partial charge in [0, 0.05) is 47.2 Å². The molecule has 0 radical (unpaired) electrons. The standard InChI is InChI=1S/C16H16N2O2S2/c1-17(15(19)13-9-5-3-6-10-13)21-22-18(2)16(20)14-11-7-4-8-12-14/h3-12H,1-2H3. The smallest absolute Gasteiger partial charge is 0.264 e. The molecule has 0 saturated carbocycles. The second kappa shape index (κ2) is 7.91. The summed E-state index contributed by atoms with van der Waals surface area (Å²) < 4.78 is 3.02. The molecule has 0 spiro atoms. The van der Waals surface area contributed by atoms with Crippen LogP contribution in [0.5, 0.6) is 0 Å². The summed E-state index contributed by atoms with van der Waals surface area (Å²) >= 11 is 0. The highest BCUT2D eigenvalue weighted by Crippen LogP contribution is 2.29. The minimum Gasteiger partial charge on any atom is -0.275 e. The van der Waals surface area contributed by atoms with Crippen molar-refractivity contribution in [3.8, 4) is 0 Å². The first kappa shape index (κ1) is 16.5. The molecule has 0 saturated heterocycles. The average molecular weight is 332 g/mol. The van der Waals surface area contributed by atoms with E-state index in [1.165, 1.54) is 30.6 Å². The molecule has 0 aromatic heterocycles. The fourth-order valence-electron chi connectivity index (χ4n) is 1.69. The molecule has 0 heterocycles. The van der Waals surface area contributed by atoms with Crippen molar-refractivity contribution < 1.29 is 9.59 Å². The Morgan fingerprint density at radius 1 is 0.682 bits per heavy atom. The fourth-order valence-corrected chi connectivity index (χ4v) is 3.25. The molecule has 4 nitrogen and oxygen atoms in total. The first-order chi connectivity index (χ1) is 10.6. The van der Waals surface area contributed by atoms with Crippen LogP contribution in [0.2, 0.25) is 0 Å². The molecule has 2 amide bonds. The van der Waals surface area contributed by atoms with E-state index in [1.54, 1.807) is 38.4 Å². The lowest BCUT2D eigenvalue weighted by Crippen LogP contribution is -2.22. The number of carbonyl (C=O) groups is 2. The Labute approximate surface area is 138 Å².